The molecule has 26 heavy (non-hydrogen) atoms. The summed E-state index contributed by atoms with van der Waals surface area (Å²) in [6.07, 6.45) is 3.54. The molecule has 2 rings (SSSR count). The Hall–Kier alpha value is -1.44. The van der Waals surface area contributed by atoms with Gasteiger partial charge in [-0.15, -0.1) is 0 Å². The van der Waals surface area contributed by atoms with Crippen LogP contribution in [-0.4, -0.2) is 50.9 Å². The van der Waals surface area contributed by atoms with Gasteiger partial charge in [0.2, 0.25) is 10.0 Å². The van der Waals surface area contributed by atoms with Gasteiger partial charge in [0.1, 0.15) is 0 Å². The Morgan fingerprint density at radius 3 is 2.58 bits per heavy atom. The van der Waals surface area contributed by atoms with Crippen LogP contribution in [-0.2, 0) is 14.8 Å². The number of quaternary nitrogens is 1. The molecule has 0 aliphatic carbocycles. The Kier molecular flexibility index (Phi) is 7.20. The number of anilines is 1. The molecule has 1 aliphatic rings. The van der Waals surface area contributed by atoms with E-state index in [2.05, 4.69) is 12.2 Å². The number of nitrogens with one attached hydrogen (secondary N) is 2. The number of sulfonamides is 1. The first-order chi connectivity index (χ1) is 12.3. The molecule has 1 saturated heterocycles. The Bertz CT molecular complexity index is 730. The summed E-state index contributed by atoms with van der Waals surface area (Å²) >= 11 is 0. The molecule has 2 N–H and O–H groups in total. The first-order valence-electron chi connectivity index (χ1n) is 9.54. The number of rotatable bonds is 7. The minimum atomic E-state index is -3.55. The van der Waals surface area contributed by atoms with Gasteiger partial charge in [0.25, 0.3) is 5.91 Å². The molecule has 1 fully saturated rings. The van der Waals surface area contributed by atoms with Crippen molar-refractivity contribution >= 4 is 21.6 Å². The van der Waals surface area contributed by atoms with Gasteiger partial charge in [-0.25, -0.2) is 8.42 Å². The van der Waals surface area contributed by atoms with Crippen molar-refractivity contribution in [2.24, 2.45) is 0 Å². The Morgan fingerprint density at radius 2 is 1.96 bits per heavy atom. The number of piperidine rings is 1. The zero-order valence-corrected chi connectivity index (χ0v) is 17.2. The molecule has 1 aliphatic heterocycles. The number of amides is 1. The zero-order chi connectivity index (χ0) is 19.3. The van der Waals surface area contributed by atoms with Gasteiger partial charge in [-0.05, 0) is 50.8 Å². The molecule has 146 valence electrons. The molecular formula is C19H32N3O3S+. The molecule has 1 aromatic rings. The highest BCUT2D eigenvalue weighted by Crippen LogP contribution is 2.23. The summed E-state index contributed by atoms with van der Waals surface area (Å²) in [5.74, 6) is -0.0659. The molecule has 1 amide bonds. The van der Waals surface area contributed by atoms with Crippen molar-refractivity contribution in [3.05, 3.63) is 23.8 Å². The van der Waals surface area contributed by atoms with Gasteiger partial charge >= 0.3 is 0 Å². The van der Waals surface area contributed by atoms with Crippen molar-refractivity contribution in [2.75, 3.05) is 31.5 Å². The van der Waals surface area contributed by atoms with Gasteiger partial charge in [0, 0.05) is 18.8 Å². The summed E-state index contributed by atoms with van der Waals surface area (Å²) in [5.41, 5.74) is 1.22. The van der Waals surface area contributed by atoms with Gasteiger partial charge in [-0.1, -0.05) is 19.9 Å². The van der Waals surface area contributed by atoms with E-state index in [4.69, 9.17) is 0 Å². The summed E-state index contributed by atoms with van der Waals surface area (Å²) in [6.45, 7) is 9.90. The minimum absolute atomic E-state index is 0.0659. The fourth-order valence-electron chi connectivity index (χ4n) is 3.59. The van der Waals surface area contributed by atoms with Crippen LogP contribution in [0.15, 0.2) is 23.1 Å². The third kappa shape index (κ3) is 4.84. The van der Waals surface area contributed by atoms with Crippen LogP contribution < -0.4 is 10.2 Å². The van der Waals surface area contributed by atoms with E-state index in [0.717, 1.165) is 19.4 Å². The number of hydrogen-bond acceptors (Lipinski definition) is 3. The number of carbonyl (C=O) groups is 1. The lowest BCUT2D eigenvalue weighted by atomic mass is 10.0. The Morgan fingerprint density at radius 1 is 1.27 bits per heavy atom. The zero-order valence-electron chi connectivity index (χ0n) is 16.3. The van der Waals surface area contributed by atoms with E-state index >= 15 is 0 Å². The summed E-state index contributed by atoms with van der Waals surface area (Å²) < 4.78 is 27.1. The monoisotopic (exact) mass is 382 g/mol. The van der Waals surface area contributed by atoms with E-state index in [1.54, 1.807) is 25.1 Å². The Labute approximate surface area is 157 Å². The second-order valence-corrected chi connectivity index (χ2v) is 9.01. The van der Waals surface area contributed by atoms with Crippen LogP contribution in [0, 0.1) is 6.92 Å². The van der Waals surface area contributed by atoms with Crippen molar-refractivity contribution in [3.8, 4) is 0 Å². The summed E-state index contributed by atoms with van der Waals surface area (Å²) in [6, 6.07) is 5.59. The molecule has 1 unspecified atom stereocenters. The largest absolute Gasteiger partial charge is 0.325 e. The molecule has 6 nitrogen and oxygen atoms in total. The molecule has 0 saturated carbocycles. The SMILES string of the molecule is CCN(CC)S(=O)(=O)c1cc(NC(=O)C[NH+]2CCCC[C@@H]2C)ccc1C. The van der Waals surface area contributed by atoms with E-state index in [-0.39, 0.29) is 10.8 Å². The highest BCUT2D eigenvalue weighted by atomic mass is 32.2. The summed E-state index contributed by atoms with van der Waals surface area (Å²) in [5, 5.41) is 2.88. The van der Waals surface area contributed by atoms with Crippen molar-refractivity contribution in [3.63, 3.8) is 0 Å². The fraction of sp³-hybridized carbons (Fsp3) is 0.632. The van der Waals surface area contributed by atoms with Crippen LogP contribution in [0.3, 0.4) is 0 Å². The predicted octanol–water partition coefficient (Wildman–Crippen LogP) is 1.42. The normalized spacial score (nSPS) is 21.0. The van der Waals surface area contributed by atoms with Gasteiger partial charge in [-0.2, -0.15) is 4.31 Å². The van der Waals surface area contributed by atoms with Crippen LogP contribution in [0.4, 0.5) is 5.69 Å². The maximum absolute atomic E-state index is 12.8. The molecule has 0 spiro atoms. The van der Waals surface area contributed by atoms with Crippen molar-refractivity contribution in [1.29, 1.82) is 0 Å². The third-order valence-electron chi connectivity index (χ3n) is 5.26. The maximum Gasteiger partial charge on any atom is 0.279 e. The number of carbonyl (C=O) groups excluding carboxylic acids is 1. The van der Waals surface area contributed by atoms with E-state index < -0.39 is 10.0 Å². The Balaban J connectivity index is 2.15. The average Bonchev–Trinajstić information content (AvgIpc) is 2.59. The lowest BCUT2D eigenvalue weighted by molar-refractivity contribution is -0.920. The first-order valence-corrected chi connectivity index (χ1v) is 11.0. The number of aryl methyl sites for hydroxylation is 1. The molecule has 0 aromatic heterocycles. The molecule has 0 bridgehead atoms. The molecule has 7 heteroatoms. The van der Waals surface area contributed by atoms with Crippen molar-refractivity contribution < 1.29 is 18.1 Å². The topological polar surface area (TPSA) is 70.9 Å². The molecule has 2 atom stereocenters. The van der Waals surface area contributed by atoms with E-state index in [1.807, 2.05) is 13.8 Å². The van der Waals surface area contributed by atoms with Crippen molar-refractivity contribution in [2.45, 2.75) is 57.9 Å². The predicted molar refractivity (Wildman–Crippen MR) is 104 cm³/mol. The molecule has 1 aromatic carbocycles. The molecular weight excluding hydrogens is 350 g/mol. The average molecular weight is 383 g/mol. The number of hydrogen-bond donors (Lipinski definition) is 2. The second-order valence-electron chi connectivity index (χ2n) is 7.10. The second kappa shape index (κ2) is 8.97. The lowest BCUT2D eigenvalue weighted by Crippen LogP contribution is -3.17. The van der Waals surface area contributed by atoms with Gasteiger partial charge in [-0.3, -0.25) is 4.79 Å². The maximum atomic E-state index is 12.8. The van der Waals surface area contributed by atoms with Crippen LogP contribution in [0.25, 0.3) is 0 Å². The number of nitrogens with zero attached hydrogens (tertiary/aromatic N) is 1. The van der Waals surface area contributed by atoms with Crippen LogP contribution in [0.1, 0.15) is 45.6 Å². The third-order valence-corrected chi connectivity index (χ3v) is 7.46. The first kappa shape index (κ1) is 20.9. The summed E-state index contributed by atoms with van der Waals surface area (Å²) in [7, 11) is -3.55. The smallest absolute Gasteiger partial charge is 0.279 e. The van der Waals surface area contributed by atoms with Crippen LogP contribution >= 0.6 is 0 Å². The van der Waals surface area contributed by atoms with E-state index in [9.17, 15) is 13.2 Å². The quantitative estimate of drug-likeness (QED) is 0.749. The van der Waals surface area contributed by atoms with Crippen LogP contribution in [0.2, 0.25) is 0 Å². The minimum Gasteiger partial charge on any atom is -0.325 e. The molecule has 0 radical (unpaired) electrons. The highest BCUT2D eigenvalue weighted by Gasteiger charge is 2.26. The van der Waals surface area contributed by atoms with Gasteiger partial charge < -0.3 is 10.2 Å². The number of likely N-dealkylation sites (tertiary alicyclic amines) is 1. The fourth-order valence-corrected chi connectivity index (χ4v) is 5.29. The van der Waals surface area contributed by atoms with E-state index in [0.29, 0.717) is 36.9 Å². The number of benzene rings is 1. The van der Waals surface area contributed by atoms with E-state index in [1.165, 1.54) is 15.6 Å². The molecule has 1 heterocycles. The lowest BCUT2D eigenvalue weighted by Gasteiger charge is -2.29. The van der Waals surface area contributed by atoms with Gasteiger partial charge in [0.05, 0.1) is 17.5 Å². The van der Waals surface area contributed by atoms with Crippen molar-refractivity contribution in [1.82, 2.24) is 4.31 Å². The van der Waals surface area contributed by atoms with Gasteiger partial charge in [0.15, 0.2) is 6.54 Å². The highest BCUT2D eigenvalue weighted by molar-refractivity contribution is 7.89. The standard InChI is InChI=1S/C19H31N3O3S/c1-5-22(6-2)26(24,25)18-13-17(11-10-15(18)3)20-19(23)14-21-12-8-7-9-16(21)4/h10-11,13,16H,5-9,12,14H2,1-4H3,(H,20,23)/p+1/t16-/m0/s1. The van der Waals surface area contributed by atoms with Crippen LogP contribution in [0.5, 0.6) is 0 Å². The summed E-state index contributed by atoms with van der Waals surface area (Å²) in [4.78, 5) is 14.0.